The van der Waals surface area contributed by atoms with Crippen molar-refractivity contribution in [1.29, 1.82) is 0 Å². The molecule has 4 nitrogen and oxygen atoms in total. The summed E-state index contributed by atoms with van der Waals surface area (Å²) < 4.78 is 17.5. The average molecular weight is 353 g/mol. The minimum Gasteiger partial charge on any atom is -0.493 e. The van der Waals surface area contributed by atoms with Crippen LogP contribution in [0.15, 0.2) is 42.5 Å². The normalized spacial score (nSPS) is 19.5. The van der Waals surface area contributed by atoms with Crippen LogP contribution >= 0.6 is 0 Å². The van der Waals surface area contributed by atoms with Crippen LogP contribution in [0.25, 0.3) is 0 Å². The van der Waals surface area contributed by atoms with E-state index in [1.807, 2.05) is 6.07 Å². The molecule has 1 unspecified atom stereocenters. The van der Waals surface area contributed by atoms with Crippen molar-refractivity contribution >= 4 is 0 Å². The Morgan fingerprint density at radius 3 is 2.58 bits per heavy atom. The van der Waals surface area contributed by atoms with Crippen molar-refractivity contribution in [3.63, 3.8) is 0 Å². The van der Waals surface area contributed by atoms with E-state index >= 15 is 0 Å². The zero-order chi connectivity index (χ0) is 17.8. The molecule has 2 aromatic carbocycles. The molecule has 1 aliphatic carbocycles. The first-order chi connectivity index (χ1) is 12.8. The summed E-state index contributed by atoms with van der Waals surface area (Å²) in [4.78, 5) is 0. The summed E-state index contributed by atoms with van der Waals surface area (Å²) in [6.07, 6.45) is 4.81. The van der Waals surface area contributed by atoms with E-state index in [-0.39, 0.29) is 6.10 Å². The number of nitrogens with one attached hydrogen (secondary N) is 1. The molecule has 2 aromatic rings. The summed E-state index contributed by atoms with van der Waals surface area (Å²) in [6.45, 7) is 2.61. The van der Waals surface area contributed by atoms with Gasteiger partial charge in [-0.1, -0.05) is 30.3 Å². The van der Waals surface area contributed by atoms with Gasteiger partial charge in [-0.3, -0.25) is 0 Å². The van der Waals surface area contributed by atoms with Crippen molar-refractivity contribution in [2.45, 2.75) is 44.4 Å². The van der Waals surface area contributed by atoms with Gasteiger partial charge in [0.15, 0.2) is 11.5 Å². The minimum atomic E-state index is 0.185. The SMILES string of the molecule is COc1cc(CNCC2CCCO2)ccc1OC1Cc2ccccc2C1. The third-order valence-electron chi connectivity index (χ3n) is 5.26. The molecular formula is C22H27NO3. The zero-order valence-electron chi connectivity index (χ0n) is 15.4. The molecule has 0 spiro atoms. The van der Waals surface area contributed by atoms with Crippen LogP contribution in [0, 0.1) is 0 Å². The predicted octanol–water partition coefficient (Wildman–Crippen LogP) is 3.51. The maximum absolute atomic E-state index is 6.26. The van der Waals surface area contributed by atoms with Gasteiger partial charge >= 0.3 is 0 Å². The number of ether oxygens (including phenoxy) is 3. The summed E-state index contributed by atoms with van der Waals surface area (Å²) in [5.74, 6) is 1.63. The lowest BCUT2D eigenvalue weighted by molar-refractivity contribution is 0.110. The maximum Gasteiger partial charge on any atom is 0.161 e. The molecule has 2 aliphatic rings. The fourth-order valence-corrected chi connectivity index (χ4v) is 3.88. The smallest absolute Gasteiger partial charge is 0.161 e. The van der Waals surface area contributed by atoms with Crippen LogP contribution in [0.2, 0.25) is 0 Å². The van der Waals surface area contributed by atoms with Crippen molar-refractivity contribution in [1.82, 2.24) is 5.32 Å². The molecule has 1 fully saturated rings. The Balaban J connectivity index is 1.35. The minimum absolute atomic E-state index is 0.185. The van der Waals surface area contributed by atoms with Crippen LogP contribution in [0.5, 0.6) is 11.5 Å². The van der Waals surface area contributed by atoms with Crippen LogP contribution in [0.3, 0.4) is 0 Å². The quantitative estimate of drug-likeness (QED) is 0.827. The molecule has 1 heterocycles. The van der Waals surface area contributed by atoms with E-state index in [4.69, 9.17) is 14.2 Å². The van der Waals surface area contributed by atoms with Crippen molar-refractivity contribution in [2.24, 2.45) is 0 Å². The monoisotopic (exact) mass is 353 g/mol. The molecule has 0 aromatic heterocycles. The Bertz CT molecular complexity index is 715. The highest BCUT2D eigenvalue weighted by Gasteiger charge is 2.23. The number of rotatable bonds is 7. The van der Waals surface area contributed by atoms with E-state index < -0.39 is 0 Å². The lowest BCUT2D eigenvalue weighted by Gasteiger charge is -2.17. The summed E-state index contributed by atoms with van der Waals surface area (Å²) in [5, 5.41) is 3.48. The molecule has 0 bridgehead atoms. The van der Waals surface area contributed by atoms with Gasteiger partial charge in [0.2, 0.25) is 0 Å². The molecule has 26 heavy (non-hydrogen) atoms. The van der Waals surface area contributed by atoms with Gasteiger partial charge in [-0.15, -0.1) is 0 Å². The average Bonchev–Trinajstić information content (AvgIpc) is 3.31. The predicted molar refractivity (Wildman–Crippen MR) is 102 cm³/mol. The van der Waals surface area contributed by atoms with E-state index in [9.17, 15) is 0 Å². The van der Waals surface area contributed by atoms with E-state index in [1.165, 1.54) is 23.1 Å². The van der Waals surface area contributed by atoms with E-state index in [1.54, 1.807) is 7.11 Å². The third-order valence-corrected chi connectivity index (χ3v) is 5.26. The largest absolute Gasteiger partial charge is 0.493 e. The van der Waals surface area contributed by atoms with Crippen molar-refractivity contribution in [2.75, 3.05) is 20.3 Å². The molecule has 1 N–H and O–H groups in total. The molecule has 4 rings (SSSR count). The number of fused-ring (bicyclic) bond motifs is 1. The van der Waals surface area contributed by atoms with Gasteiger partial charge < -0.3 is 19.5 Å². The van der Waals surface area contributed by atoms with Gasteiger partial charge in [0.1, 0.15) is 6.10 Å². The second-order valence-electron chi connectivity index (χ2n) is 7.17. The van der Waals surface area contributed by atoms with Crippen LogP contribution in [-0.2, 0) is 24.1 Å². The van der Waals surface area contributed by atoms with Crippen molar-refractivity contribution in [3.05, 3.63) is 59.2 Å². The summed E-state index contributed by atoms with van der Waals surface area (Å²) >= 11 is 0. The Hall–Kier alpha value is -2.04. The van der Waals surface area contributed by atoms with E-state index in [0.717, 1.165) is 50.5 Å². The van der Waals surface area contributed by atoms with Crippen molar-refractivity contribution < 1.29 is 14.2 Å². The van der Waals surface area contributed by atoms with E-state index in [2.05, 4.69) is 41.7 Å². The van der Waals surface area contributed by atoms with Gasteiger partial charge in [-0.25, -0.2) is 0 Å². The molecule has 0 saturated carbocycles. The molecular weight excluding hydrogens is 326 g/mol. The number of hydrogen-bond donors (Lipinski definition) is 1. The lowest BCUT2D eigenvalue weighted by atomic mass is 10.1. The van der Waals surface area contributed by atoms with Gasteiger partial charge in [0, 0.05) is 32.5 Å². The molecule has 0 amide bonds. The standard InChI is InChI=1S/C22H27NO3/c1-24-22-11-16(14-23-15-19-7-4-10-25-19)8-9-21(22)26-20-12-17-5-2-3-6-18(17)13-20/h2-3,5-6,8-9,11,19-20,23H,4,7,10,12-15H2,1H3. The molecule has 1 atom stereocenters. The first-order valence-electron chi connectivity index (χ1n) is 9.54. The summed E-state index contributed by atoms with van der Waals surface area (Å²) in [7, 11) is 1.70. The second-order valence-corrected chi connectivity index (χ2v) is 7.17. The summed E-state index contributed by atoms with van der Waals surface area (Å²) in [5.41, 5.74) is 3.99. The first-order valence-corrected chi connectivity index (χ1v) is 9.54. The number of benzene rings is 2. The topological polar surface area (TPSA) is 39.7 Å². The Labute approximate surface area is 155 Å². The van der Waals surface area contributed by atoms with Gasteiger partial charge in [0.05, 0.1) is 13.2 Å². The van der Waals surface area contributed by atoms with Crippen LogP contribution in [0.4, 0.5) is 0 Å². The molecule has 138 valence electrons. The Morgan fingerprint density at radius 2 is 1.88 bits per heavy atom. The van der Waals surface area contributed by atoms with Gasteiger partial charge in [-0.05, 0) is 41.7 Å². The van der Waals surface area contributed by atoms with Crippen LogP contribution in [-0.4, -0.2) is 32.5 Å². The van der Waals surface area contributed by atoms with Gasteiger partial charge in [0.25, 0.3) is 0 Å². The van der Waals surface area contributed by atoms with Crippen molar-refractivity contribution in [3.8, 4) is 11.5 Å². The highest BCUT2D eigenvalue weighted by molar-refractivity contribution is 5.44. The lowest BCUT2D eigenvalue weighted by Crippen LogP contribution is -2.25. The molecule has 0 radical (unpaired) electrons. The van der Waals surface area contributed by atoms with Crippen LogP contribution in [0.1, 0.15) is 29.5 Å². The zero-order valence-corrected chi connectivity index (χ0v) is 15.4. The Kier molecular flexibility index (Phi) is 5.42. The fourth-order valence-electron chi connectivity index (χ4n) is 3.88. The molecule has 1 aliphatic heterocycles. The summed E-state index contributed by atoms with van der Waals surface area (Å²) in [6, 6.07) is 14.8. The maximum atomic E-state index is 6.26. The third kappa shape index (κ3) is 4.02. The van der Waals surface area contributed by atoms with Gasteiger partial charge in [-0.2, -0.15) is 0 Å². The molecule has 4 heteroatoms. The first kappa shape index (κ1) is 17.4. The highest BCUT2D eigenvalue weighted by Crippen LogP contribution is 2.32. The molecule has 1 saturated heterocycles. The Morgan fingerprint density at radius 1 is 1.08 bits per heavy atom. The highest BCUT2D eigenvalue weighted by atomic mass is 16.5. The van der Waals surface area contributed by atoms with E-state index in [0.29, 0.717) is 6.10 Å². The van der Waals surface area contributed by atoms with Crippen LogP contribution < -0.4 is 14.8 Å². The number of methoxy groups -OCH3 is 1. The fraction of sp³-hybridized carbons (Fsp3) is 0.455. The number of hydrogen-bond acceptors (Lipinski definition) is 4. The second kappa shape index (κ2) is 8.11.